The van der Waals surface area contributed by atoms with Crippen molar-refractivity contribution in [2.24, 2.45) is 0 Å². The van der Waals surface area contributed by atoms with Gasteiger partial charge in [-0.2, -0.15) is 25.8 Å². The molecule has 1 aromatic carbocycles. The third kappa shape index (κ3) is 3.87. The molecule has 0 heterocycles. The lowest BCUT2D eigenvalue weighted by Crippen LogP contribution is -2.07. The minimum Gasteiger partial charge on any atom is -0.179 e. The molecular formula is C11H10BrF3S. The summed E-state index contributed by atoms with van der Waals surface area (Å²) in [6.45, 7) is 0. The lowest BCUT2D eigenvalue weighted by molar-refractivity contribution is -0.137. The fourth-order valence-electron chi connectivity index (χ4n) is 1.20. The van der Waals surface area contributed by atoms with E-state index in [0.717, 1.165) is 6.07 Å². The molecule has 0 aromatic heterocycles. The summed E-state index contributed by atoms with van der Waals surface area (Å²) in [6, 6.07) is 4.12. The van der Waals surface area contributed by atoms with Crippen LogP contribution in [0.1, 0.15) is 17.5 Å². The van der Waals surface area contributed by atoms with Gasteiger partial charge in [0.05, 0.1) is 5.56 Å². The van der Waals surface area contributed by atoms with Gasteiger partial charge in [0.25, 0.3) is 0 Å². The number of thiol groups is 1. The van der Waals surface area contributed by atoms with E-state index in [1.165, 1.54) is 12.1 Å². The molecule has 0 spiro atoms. The van der Waals surface area contributed by atoms with Crippen molar-refractivity contribution in [2.45, 2.75) is 12.6 Å². The van der Waals surface area contributed by atoms with Crippen LogP contribution in [0.3, 0.4) is 0 Å². The van der Waals surface area contributed by atoms with Gasteiger partial charge < -0.3 is 0 Å². The molecule has 0 saturated heterocycles. The normalized spacial score (nSPS) is 12.3. The molecule has 5 heteroatoms. The van der Waals surface area contributed by atoms with Crippen LogP contribution in [-0.4, -0.2) is 5.75 Å². The third-order valence-corrected chi connectivity index (χ3v) is 2.67. The highest BCUT2D eigenvalue weighted by Gasteiger charge is 2.32. The minimum atomic E-state index is -4.33. The molecule has 0 fully saturated rings. The zero-order valence-corrected chi connectivity index (χ0v) is 10.7. The molecule has 0 atom stereocenters. The zero-order valence-electron chi connectivity index (χ0n) is 8.26. The lowest BCUT2D eigenvalue weighted by atomic mass is 10.1. The van der Waals surface area contributed by atoms with Gasteiger partial charge >= 0.3 is 6.18 Å². The Labute approximate surface area is 106 Å². The monoisotopic (exact) mass is 310 g/mol. The van der Waals surface area contributed by atoms with Crippen molar-refractivity contribution in [1.29, 1.82) is 0 Å². The molecule has 0 N–H and O–H groups in total. The highest BCUT2D eigenvalue weighted by atomic mass is 79.9. The number of hydrogen-bond acceptors (Lipinski definition) is 1. The number of alkyl halides is 3. The molecule has 0 aliphatic rings. The maximum atomic E-state index is 12.7. The molecule has 0 aliphatic heterocycles. The Kier molecular flexibility index (Phi) is 4.92. The average molecular weight is 311 g/mol. The van der Waals surface area contributed by atoms with Crippen LogP contribution in [0.4, 0.5) is 13.2 Å². The fourth-order valence-corrected chi connectivity index (χ4v) is 1.71. The summed E-state index contributed by atoms with van der Waals surface area (Å²) in [7, 11) is 0. The highest BCUT2D eigenvalue weighted by Crippen LogP contribution is 2.34. The van der Waals surface area contributed by atoms with Gasteiger partial charge in [0, 0.05) is 4.47 Å². The van der Waals surface area contributed by atoms with Crippen molar-refractivity contribution >= 4 is 34.6 Å². The summed E-state index contributed by atoms with van der Waals surface area (Å²) in [5.74, 6) is 0.619. The molecule has 16 heavy (non-hydrogen) atoms. The lowest BCUT2D eigenvalue weighted by Gasteiger charge is -2.10. The first-order valence-electron chi connectivity index (χ1n) is 4.59. The molecule has 0 aliphatic carbocycles. The molecule has 88 valence electrons. The maximum absolute atomic E-state index is 12.7. The van der Waals surface area contributed by atoms with Crippen LogP contribution in [-0.2, 0) is 6.18 Å². The van der Waals surface area contributed by atoms with Gasteiger partial charge in [0.1, 0.15) is 0 Å². The van der Waals surface area contributed by atoms with Crippen molar-refractivity contribution in [3.63, 3.8) is 0 Å². The second kappa shape index (κ2) is 5.77. The van der Waals surface area contributed by atoms with Crippen LogP contribution in [0, 0.1) is 0 Å². The average Bonchev–Trinajstić information content (AvgIpc) is 2.19. The van der Waals surface area contributed by atoms with Crippen LogP contribution >= 0.6 is 28.6 Å². The molecular weight excluding hydrogens is 301 g/mol. The Hall–Kier alpha value is -0.420. The predicted octanol–water partition coefficient (Wildman–Crippen LogP) is 4.80. The van der Waals surface area contributed by atoms with Gasteiger partial charge in [-0.15, -0.1) is 0 Å². The van der Waals surface area contributed by atoms with Gasteiger partial charge in [-0.1, -0.05) is 34.1 Å². The molecule has 0 bridgehead atoms. The predicted molar refractivity (Wildman–Crippen MR) is 66.6 cm³/mol. The van der Waals surface area contributed by atoms with Gasteiger partial charge in [-0.05, 0) is 29.9 Å². The van der Waals surface area contributed by atoms with Crippen molar-refractivity contribution in [3.05, 3.63) is 39.9 Å². The summed E-state index contributed by atoms with van der Waals surface area (Å²) >= 11 is 7.02. The summed E-state index contributed by atoms with van der Waals surface area (Å²) < 4.78 is 38.4. The second-order valence-corrected chi connectivity index (χ2v) is 4.51. The largest absolute Gasteiger partial charge is 0.417 e. The van der Waals surface area contributed by atoms with Crippen molar-refractivity contribution in [1.82, 2.24) is 0 Å². The molecule has 0 nitrogen and oxygen atoms in total. The van der Waals surface area contributed by atoms with Crippen molar-refractivity contribution in [3.8, 4) is 0 Å². The fraction of sp³-hybridized carbons (Fsp3) is 0.273. The summed E-state index contributed by atoms with van der Waals surface area (Å²) in [6.07, 6.45) is -0.516. The maximum Gasteiger partial charge on any atom is 0.417 e. The molecule has 0 saturated carbocycles. The van der Waals surface area contributed by atoms with Crippen molar-refractivity contribution < 1.29 is 13.2 Å². The summed E-state index contributed by atoms with van der Waals surface area (Å²) in [5, 5.41) is 0. The molecule has 0 radical (unpaired) electrons. The number of halogens is 4. The molecule has 0 unspecified atom stereocenters. The first-order valence-corrected chi connectivity index (χ1v) is 6.02. The van der Waals surface area contributed by atoms with E-state index in [-0.39, 0.29) is 5.56 Å². The van der Waals surface area contributed by atoms with Gasteiger partial charge in [0.15, 0.2) is 0 Å². The summed E-state index contributed by atoms with van der Waals surface area (Å²) in [5.41, 5.74) is -0.449. The van der Waals surface area contributed by atoms with E-state index in [9.17, 15) is 13.2 Å². The van der Waals surface area contributed by atoms with E-state index in [2.05, 4.69) is 28.6 Å². The quantitative estimate of drug-likeness (QED) is 0.762. The van der Waals surface area contributed by atoms with Gasteiger partial charge in [-0.3, -0.25) is 0 Å². The van der Waals surface area contributed by atoms with Gasteiger partial charge in [-0.25, -0.2) is 0 Å². The number of benzene rings is 1. The number of rotatable bonds is 3. The van der Waals surface area contributed by atoms with Crippen LogP contribution in [0.15, 0.2) is 28.7 Å². The first kappa shape index (κ1) is 13.6. The van der Waals surface area contributed by atoms with Crippen LogP contribution < -0.4 is 0 Å². The molecule has 1 rings (SSSR count). The standard InChI is InChI=1S/C11H10BrF3S/c12-9-5-4-8(3-1-2-6-16)10(7-9)11(13,14)15/h1,3-5,7,16H,2,6H2. The SMILES string of the molecule is FC(F)(F)c1cc(Br)ccc1C=CCCS. The van der Waals surface area contributed by atoms with Gasteiger partial charge in [0.2, 0.25) is 0 Å². The molecule has 0 amide bonds. The topological polar surface area (TPSA) is 0 Å². The minimum absolute atomic E-state index is 0.178. The Balaban J connectivity index is 3.08. The van der Waals surface area contributed by atoms with Crippen LogP contribution in [0.2, 0.25) is 0 Å². The Morgan fingerprint density at radius 3 is 2.56 bits per heavy atom. The highest BCUT2D eigenvalue weighted by molar-refractivity contribution is 9.10. The Morgan fingerprint density at radius 1 is 1.31 bits per heavy atom. The number of hydrogen-bond donors (Lipinski definition) is 1. The van der Waals surface area contributed by atoms with E-state index in [0.29, 0.717) is 16.6 Å². The van der Waals surface area contributed by atoms with E-state index in [4.69, 9.17) is 0 Å². The van der Waals surface area contributed by atoms with E-state index >= 15 is 0 Å². The Bertz CT molecular complexity index is 385. The van der Waals surface area contributed by atoms with E-state index < -0.39 is 11.7 Å². The molecule has 1 aromatic rings. The second-order valence-electron chi connectivity index (χ2n) is 3.14. The number of allylic oxidation sites excluding steroid dienone is 1. The Morgan fingerprint density at radius 2 is 2.00 bits per heavy atom. The van der Waals surface area contributed by atoms with E-state index in [1.54, 1.807) is 12.1 Å². The van der Waals surface area contributed by atoms with Crippen LogP contribution in [0.5, 0.6) is 0 Å². The zero-order chi connectivity index (χ0) is 12.2. The summed E-state index contributed by atoms with van der Waals surface area (Å²) in [4.78, 5) is 0. The van der Waals surface area contributed by atoms with E-state index in [1.807, 2.05) is 0 Å². The smallest absolute Gasteiger partial charge is 0.179 e. The van der Waals surface area contributed by atoms with Crippen LogP contribution in [0.25, 0.3) is 6.08 Å². The van der Waals surface area contributed by atoms with Crippen molar-refractivity contribution in [2.75, 3.05) is 5.75 Å². The third-order valence-electron chi connectivity index (χ3n) is 1.91. The first-order chi connectivity index (χ1) is 7.45.